The van der Waals surface area contributed by atoms with Gasteiger partial charge in [-0.1, -0.05) is 18.2 Å². The lowest BCUT2D eigenvalue weighted by atomic mass is 10.1. The summed E-state index contributed by atoms with van der Waals surface area (Å²) in [5.74, 6) is 0.831. The van der Waals surface area contributed by atoms with Gasteiger partial charge in [0.2, 0.25) is 0 Å². The minimum absolute atomic E-state index is 0.831. The Hall–Kier alpha value is -3.05. The first-order chi connectivity index (χ1) is 14.3. The number of methoxy groups -OCH3 is 1. The predicted octanol–water partition coefficient (Wildman–Crippen LogP) is 4.35. The molecule has 1 aliphatic rings. The van der Waals surface area contributed by atoms with Crippen LogP contribution in [-0.2, 0) is 6.42 Å². The highest BCUT2D eigenvalue weighted by Gasteiger charge is 2.19. The summed E-state index contributed by atoms with van der Waals surface area (Å²) in [6, 6.07) is 16.6. The first-order valence-electron chi connectivity index (χ1n) is 10.2. The summed E-state index contributed by atoms with van der Waals surface area (Å²) in [5.41, 5.74) is 4.51. The third-order valence-corrected chi connectivity index (χ3v) is 5.88. The molecule has 0 spiro atoms. The van der Waals surface area contributed by atoms with Crippen LogP contribution in [-0.4, -0.2) is 49.7 Å². The lowest BCUT2D eigenvalue weighted by Crippen LogP contribution is -2.47. The van der Waals surface area contributed by atoms with Crippen LogP contribution < -0.4 is 9.64 Å². The Morgan fingerprint density at radius 3 is 2.76 bits per heavy atom. The SMILES string of the molecule is COc1ccc2c(CCN3CCN(c4cccc5cccnc45)CC3)coc2c1. The maximum atomic E-state index is 5.73. The van der Waals surface area contributed by atoms with Crippen LogP contribution in [0.2, 0.25) is 0 Å². The van der Waals surface area contributed by atoms with Crippen LogP contribution >= 0.6 is 0 Å². The average molecular weight is 387 g/mol. The van der Waals surface area contributed by atoms with Gasteiger partial charge in [-0.2, -0.15) is 0 Å². The van der Waals surface area contributed by atoms with Crippen LogP contribution in [0.1, 0.15) is 5.56 Å². The molecule has 29 heavy (non-hydrogen) atoms. The molecule has 5 rings (SSSR count). The molecular weight excluding hydrogens is 362 g/mol. The van der Waals surface area contributed by atoms with Crippen LogP contribution in [0.5, 0.6) is 5.75 Å². The van der Waals surface area contributed by atoms with Crippen LogP contribution in [0.4, 0.5) is 5.69 Å². The van der Waals surface area contributed by atoms with Crippen LogP contribution in [0, 0.1) is 0 Å². The molecule has 0 N–H and O–H groups in total. The van der Waals surface area contributed by atoms with E-state index in [1.807, 2.05) is 30.7 Å². The van der Waals surface area contributed by atoms with Crippen molar-refractivity contribution in [2.24, 2.45) is 0 Å². The number of rotatable bonds is 5. The van der Waals surface area contributed by atoms with Gasteiger partial charge in [-0.05, 0) is 36.2 Å². The van der Waals surface area contributed by atoms with E-state index in [4.69, 9.17) is 9.15 Å². The quantitative estimate of drug-likeness (QED) is 0.509. The lowest BCUT2D eigenvalue weighted by molar-refractivity contribution is 0.261. The first kappa shape index (κ1) is 18.0. The molecule has 2 aromatic heterocycles. The molecule has 0 unspecified atom stereocenters. The highest BCUT2D eigenvalue weighted by molar-refractivity contribution is 5.90. The Morgan fingerprint density at radius 1 is 1.03 bits per heavy atom. The third kappa shape index (κ3) is 3.54. The Bertz CT molecular complexity index is 1120. The molecule has 5 nitrogen and oxygen atoms in total. The molecule has 0 aliphatic carbocycles. The fourth-order valence-electron chi connectivity index (χ4n) is 4.22. The Morgan fingerprint density at radius 2 is 1.90 bits per heavy atom. The summed E-state index contributed by atoms with van der Waals surface area (Å²) in [4.78, 5) is 9.61. The van der Waals surface area contributed by atoms with Crippen molar-refractivity contribution in [3.63, 3.8) is 0 Å². The number of fused-ring (bicyclic) bond motifs is 2. The third-order valence-electron chi connectivity index (χ3n) is 5.88. The minimum atomic E-state index is 0.831. The topological polar surface area (TPSA) is 41.7 Å². The van der Waals surface area contributed by atoms with Gasteiger partial charge >= 0.3 is 0 Å². The molecule has 0 bridgehead atoms. The molecule has 0 saturated carbocycles. The van der Waals surface area contributed by atoms with Crippen molar-refractivity contribution in [2.45, 2.75) is 6.42 Å². The van der Waals surface area contributed by atoms with Gasteiger partial charge in [-0.15, -0.1) is 0 Å². The fraction of sp³-hybridized carbons (Fsp3) is 0.292. The van der Waals surface area contributed by atoms with E-state index in [0.717, 1.165) is 56.0 Å². The first-order valence-corrected chi connectivity index (χ1v) is 10.2. The average Bonchev–Trinajstić information content (AvgIpc) is 3.20. The summed E-state index contributed by atoms with van der Waals surface area (Å²) in [6.07, 6.45) is 4.77. The van der Waals surface area contributed by atoms with Crippen molar-refractivity contribution in [1.29, 1.82) is 0 Å². The number of nitrogens with zero attached hydrogens (tertiary/aromatic N) is 3. The highest BCUT2D eigenvalue weighted by Crippen LogP contribution is 2.27. The smallest absolute Gasteiger partial charge is 0.137 e. The van der Waals surface area contributed by atoms with E-state index in [2.05, 4.69) is 45.1 Å². The standard InChI is InChI=1S/C24H25N3O2/c1-28-20-7-8-21-19(17-29-23(21)16-20)9-11-26-12-14-27(15-13-26)22-6-2-4-18-5-3-10-25-24(18)22/h2-8,10,16-17H,9,11-15H2,1H3. The Kier molecular flexibility index (Phi) is 4.82. The number of para-hydroxylation sites is 1. The van der Waals surface area contributed by atoms with Gasteiger partial charge < -0.3 is 14.1 Å². The number of aromatic nitrogens is 1. The summed E-state index contributed by atoms with van der Waals surface area (Å²) in [5, 5.41) is 2.39. The van der Waals surface area contributed by atoms with Gasteiger partial charge in [-0.3, -0.25) is 9.88 Å². The summed E-state index contributed by atoms with van der Waals surface area (Å²) in [6.45, 7) is 5.22. The van der Waals surface area contributed by atoms with Crippen molar-refractivity contribution in [1.82, 2.24) is 9.88 Å². The second-order valence-corrected chi connectivity index (χ2v) is 7.55. The zero-order valence-electron chi connectivity index (χ0n) is 16.7. The van der Waals surface area contributed by atoms with E-state index in [0.29, 0.717) is 0 Å². The molecule has 3 heterocycles. The van der Waals surface area contributed by atoms with Crippen molar-refractivity contribution in [2.75, 3.05) is 44.7 Å². The van der Waals surface area contributed by atoms with Crippen molar-refractivity contribution >= 4 is 27.6 Å². The maximum absolute atomic E-state index is 5.73. The number of ether oxygens (including phenoxy) is 1. The van der Waals surface area contributed by atoms with Crippen LogP contribution in [0.25, 0.3) is 21.9 Å². The summed E-state index contributed by atoms with van der Waals surface area (Å²) >= 11 is 0. The number of piperazine rings is 1. The van der Waals surface area contributed by atoms with E-state index in [9.17, 15) is 0 Å². The monoisotopic (exact) mass is 387 g/mol. The van der Waals surface area contributed by atoms with Crippen LogP contribution in [0.15, 0.2) is 65.4 Å². The largest absolute Gasteiger partial charge is 0.497 e. The minimum Gasteiger partial charge on any atom is -0.497 e. The number of pyridine rings is 1. The van der Waals surface area contributed by atoms with Crippen LogP contribution in [0.3, 0.4) is 0 Å². The predicted molar refractivity (Wildman–Crippen MR) is 117 cm³/mol. The number of anilines is 1. The van der Waals surface area contributed by atoms with Crippen molar-refractivity contribution < 1.29 is 9.15 Å². The lowest BCUT2D eigenvalue weighted by Gasteiger charge is -2.36. The van der Waals surface area contributed by atoms with Gasteiger partial charge in [-0.25, -0.2) is 0 Å². The Labute approximate surface area is 170 Å². The molecule has 4 aromatic rings. The molecule has 1 saturated heterocycles. The summed E-state index contributed by atoms with van der Waals surface area (Å²) in [7, 11) is 1.68. The maximum Gasteiger partial charge on any atom is 0.137 e. The van der Waals surface area contributed by atoms with Gasteiger partial charge in [0.25, 0.3) is 0 Å². The highest BCUT2D eigenvalue weighted by atomic mass is 16.5. The molecule has 2 aromatic carbocycles. The molecule has 0 radical (unpaired) electrons. The molecular formula is C24H25N3O2. The second kappa shape index (κ2) is 7.76. The van der Waals surface area contributed by atoms with Crippen molar-refractivity contribution in [3.05, 3.63) is 66.6 Å². The number of hydrogen-bond acceptors (Lipinski definition) is 5. The van der Waals surface area contributed by atoms with Gasteiger partial charge in [0.05, 0.1) is 24.6 Å². The zero-order valence-corrected chi connectivity index (χ0v) is 16.7. The number of furan rings is 1. The van der Waals surface area contributed by atoms with Gasteiger partial charge in [0, 0.05) is 55.8 Å². The zero-order chi connectivity index (χ0) is 19.6. The molecule has 5 heteroatoms. The number of benzene rings is 2. The molecule has 0 amide bonds. The normalized spacial score (nSPS) is 15.3. The molecule has 1 fully saturated rings. The van der Waals surface area contributed by atoms with E-state index >= 15 is 0 Å². The van der Waals surface area contributed by atoms with Gasteiger partial charge in [0.15, 0.2) is 0 Å². The summed E-state index contributed by atoms with van der Waals surface area (Å²) < 4.78 is 11.0. The second-order valence-electron chi connectivity index (χ2n) is 7.55. The van der Waals surface area contributed by atoms with E-state index < -0.39 is 0 Å². The molecule has 1 aliphatic heterocycles. The van der Waals surface area contributed by atoms with E-state index in [1.54, 1.807) is 7.11 Å². The van der Waals surface area contributed by atoms with Crippen molar-refractivity contribution in [3.8, 4) is 5.75 Å². The Balaban J connectivity index is 1.22. The van der Waals surface area contributed by atoms with E-state index in [1.165, 1.54) is 22.0 Å². The molecule has 148 valence electrons. The molecule has 0 atom stereocenters. The number of hydrogen-bond donors (Lipinski definition) is 0. The fourth-order valence-corrected chi connectivity index (χ4v) is 4.22. The van der Waals surface area contributed by atoms with Gasteiger partial charge in [0.1, 0.15) is 11.3 Å². The van der Waals surface area contributed by atoms with E-state index in [-0.39, 0.29) is 0 Å².